The molecule has 0 spiro atoms. The summed E-state index contributed by atoms with van der Waals surface area (Å²) in [6.07, 6.45) is 0.961. The highest BCUT2D eigenvalue weighted by Crippen LogP contribution is 2.11. The Morgan fingerprint density at radius 2 is 1.71 bits per heavy atom. The molecule has 0 saturated carbocycles. The van der Waals surface area contributed by atoms with Crippen molar-refractivity contribution >= 4 is 27.7 Å². The lowest BCUT2D eigenvalue weighted by molar-refractivity contribution is -0.121. The molecule has 4 nitrogen and oxygen atoms in total. The summed E-state index contributed by atoms with van der Waals surface area (Å²) in [5.41, 5.74) is 6.39. The second-order valence-corrected chi connectivity index (χ2v) is 5.41. The average molecular weight is 347 g/mol. The molecule has 0 aliphatic carbocycles. The number of rotatable bonds is 4. The van der Waals surface area contributed by atoms with Gasteiger partial charge in [-0.05, 0) is 30.2 Å². The van der Waals surface area contributed by atoms with Crippen LogP contribution in [0, 0.1) is 0 Å². The van der Waals surface area contributed by atoms with Gasteiger partial charge in [-0.3, -0.25) is 20.4 Å². The van der Waals surface area contributed by atoms with Crippen molar-refractivity contribution in [1.82, 2.24) is 10.9 Å². The van der Waals surface area contributed by atoms with Gasteiger partial charge in [0.1, 0.15) is 0 Å². The van der Waals surface area contributed by atoms with Gasteiger partial charge in [-0.2, -0.15) is 0 Å². The van der Waals surface area contributed by atoms with E-state index < -0.39 is 0 Å². The van der Waals surface area contributed by atoms with E-state index in [1.165, 1.54) is 0 Å². The Bertz CT molecular complexity index is 629. The van der Waals surface area contributed by atoms with Crippen molar-refractivity contribution in [2.75, 3.05) is 0 Å². The summed E-state index contributed by atoms with van der Waals surface area (Å²) in [7, 11) is 0. The number of carbonyl (C=O) groups excluding carboxylic acids is 2. The fourth-order valence-electron chi connectivity index (χ4n) is 1.79. The normalized spacial score (nSPS) is 9.95. The number of carbonyl (C=O) groups is 2. The van der Waals surface area contributed by atoms with E-state index in [2.05, 4.69) is 26.8 Å². The summed E-state index contributed by atoms with van der Waals surface area (Å²) in [6, 6.07) is 16.7. The Kier molecular flexibility index (Phi) is 5.51. The van der Waals surface area contributed by atoms with Crippen molar-refractivity contribution in [3.63, 3.8) is 0 Å². The monoisotopic (exact) mass is 346 g/mol. The van der Waals surface area contributed by atoms with Crippen LogP contribution in [0.2, 0.25) is 0 Å². The zero-order chi connectivity index (χ0) is 15.1. The number of halogens is 1. The number of hydrogen-bond donors (Lipinski definition) is 2. The lowest BCUT2D eigenvalue weighted by atomic mass is 10.1. The summed E-state index contributed by atoms with van der Waals surface area (Å²) in [5, 5.41) is 0. The van der Waals surface area contributed by atoms with Gasteiger partial charge >= 0.3 is 0 Å². The first kappa shape index (κ1) is 15.3. The van der Waals surface area contributed by atoms with Crippen molar-refractivity contribution in [2.45, 2.75) is 12.8 Å². The minimum atomic E-state index is -0.343. The highest BCUT2D eigenvalue weighted by atomic mass is 79.9. The van der Waals surface area contributed by atoms with Gasteiger partial charge in [0.25, 0.3) is 5.91 Å². The molecule has 21 heavy (non-hydrogen) atoms. The van der Waals surface area contributed by atoms with Gasteiger partial charge < -0.3 is 0 Å². The van der Waals surface area contributed by atoms with Crippen LogP contribution >= 0.6 is 15.9 Å². The van der Waals surface area contributed by atoms with Crippen LogP contribution in [0.15, 0.2) is 59.1 Å². The molecule has 0 atom stereocenters. The van der Waals surface area contributed by atoms with Gasteiger partial charge in [0, 0.05) is 16.5 Å². The van der Waals surface area contributed by atoms with E-state index >= 15 is 0 Å². The van der Waals surface area contributed by atoms with Crippen LogP contribution < -0.4 is 10.9 Å². The Morgan fingerprint density at radius 3 is 2.43 bits per heavy atom. The first-order valence-electron chi connectivity index (χ1n) is 6.54. The number of nitrogens with one attached hydrogen (secondary N) is 2. The Labute approximate surface area is 131 Å². The molecule has 2 amide bonds. The maximum Gasteiger partial charge on any atom is 0.269 e. The van der Waals surface area contributed by atoms with E-state index in [4.69, 9.17) is 0 Å². The third-order valence-electron chi connectivity index (χ3n) is 2.89. The molecule has 0 heterocycles. The molecular weight excluding hydrogens is 332 g/mol. The predicted octanol–water partition coefficient (Wildman–Crippen LogP) is 2.84. The predicted molar refractivity (Wildman–Crippen MR) is 84.5 cm³/mol. The van der Waals surface area contributed by atoms with Gasteiger partial charge in [-0.25, -0.2) is 0 Å². The maximum atomic E-state index is 11.8. The molecule has 0 aromatic heterocycles. The molecule has 5 heteroatoms. The Hall–Kier alpha value is -2.14. The Morgan fingerprint density at radius 1 is 0.952 bits per heavy atom. The zero-order valence-electron chi connectivity index (χ0n) is 11.3. The molecule has 0 bridgehead atoms. The Balaban J connectivity index is 1.77. The lowest BCUT2D eigenvalue weighted by Gasteiger charge is -2.07. The minimum absolute atomic E-state index is 0.220. The van der Waals surface area contributed by atoms with Crippen LogP contribution in [0.1, 0.15) is 22.3 Å². The highest BCUT2D eigenvalue weighted by molar-refractivity contribution is 9.10. The van der Waals surface area contributed by atoms with Crippen molar-refractivity contribution in [1.29, 1.82) is 0 Å². The van der Waals surface area contributed by atoms with Crippen LogP contribution in [0.5, 0.6) is 0 Å². The summed E-state index contributed by atoms with van der Waals surface area (Å²) >= 11 is 3.29. The second-order valence-electron chi connectivity index (χ2n) is 4.50. The van der Waals surface area contributed by atoms with E-state index in [1.807, 2.05) is 36.4 Å². The van der Waals surface area contributed by atoms with Crippen LogP contribution in [0.3, 0.4) is 0 Å². The average Bonchev–Trinajstić information content (AvgIpc) is 2.51. The van der Waals surface area contributed by atoms with Gasteiger partial charge in [0.05, 0.1) is 0 Å². The molecule has 2 rings (SSSR count). The standard InChI is InChI=1S/C16H15BrN2O2/c17-14-8-4-7-13(11-14)16(21)19-18-15(20)10-9-12-5-2-1-3-6-12/h1-8,11H,9-10H2,(H,18,20)(H,19,21). The van der Waals surface area contributed by atoms with Gasteiger partial charge in [-0.15, -0.1) is 0 Å². The van der Waals surface area contributed by atoms with E-state index in [9.17, 15) is 9.59 Å². The lowest BCUT2D eigenvalue weighted by Crippen LogP contribution is -2.41. The smallest absolute Gasteiger partial charge is 0.269 e. The van der Waals surface area contributed by atoms with E-state index in [0.717, 1.165) is 10.0 Å². The third kappa shape index (κ3) is 5.04. The number of amides is 2. The minimum Gasteiger partial charge on any atom is -0.273 e. The fourth-order valence-corrected chi connectivity index (χ4v) is 2.19. The summed E-state index contributed by atoms with van der Waals surface area (Å²) in [4.78, 5) is 23.5. The molecule has 0 fully saturated rings. The first-order valence-corrected chi connectivity index (χ1v) is 7.33. The molecule has 0 saturated heterocycles. The van der Waals surface area contributed by atoms with E-state index in [-0.39, 0.29) is 11.8 Å². The summed E-state index contributed by atoms with van der Waals surface area (Å²) in [6.45, 7) is 0. The van der Waals surface area contributed by atoms with Crippen LogP contribution in [0.25, 0.3) is 0 Å². The van der Waals surface area contributed by atoms with Crippen LogP contribution in [-0.2, 0) is 11.2 Å². The quantitative estimate of drug-likeness (QED) is 0.836. The molecule has 2 aromatic carbocycles. The van der Waals surface area contributed by atoms with Crippen molar-refractivity contribution in [3.8, 4) is 0 Å². The molecular formula is C16H15BrN2O2. The largest absolute Gasteiger partial charge is 0.273 e. The second kappa shape index (κ2) is 7.59. The van der Waals surface area contributed by atoms with Crippen LogP contribution in [0.4, 0.5) is 0 Å². The van der Waals surface area contributed by atoms with Gasteiger partial charge in [0.2, 0.25) is 5.91 Å². The van der Waals surface area contributed by atoms with Crippen molar-refractivity contribution in [3.05, 3.63) is 70.2 Å². The third-order valence-corrected chi connectivity index (χ3v) is 3.38. The summed E-state index contributed by atoms with van der Waals surface area (Å²) in [5.74, 6) is -0.563. The van der Waals surface area contributed by atoms with E-state index in [0.29, 0.717) is 18.4 Å². The fraction of sp³-hybridized carbons (Fsp3) is 0.125. The molecule has 0 radical (unpaired) electrons. The summed E-state index contributed by atoms with van der Waals surface area (Å²) < 4.78 is 0.811. The molecule has 0 aliphatic heterocycles. The molecule has 108 valence electrons. The SMILES string of the molecule is O=C(CCc1ccccc1)NNC(=O)c1cccc(Br)c1. The first-order chi connectivity index (χ1) is 10.1. The number of hydrogen-bond acceptors (Lipinski definition) is 2. The van der Waals surface area contributed by atoms with E-state index in [1.54, 1.807) is 18.2 Å². The molecule has 2 N–H and O–H groups in total. The zero-order valence-corrected chi connectivity index (χ0v) is 12.9. The van der Waals surface area contributed by atoms with Crippen molar-refractivity contribution in [2.24, 2.45) is 0 Å². The number of benzene rings is 2. The van der Waals surface area contributed by atoms with Gasteiger partial charge in [0.15, 0.2) is 0 Å². The molecule has 2 aromatic rings. The molecule has 0 aliphatic rings. The topological polar surface area (TPSA) is 58.2 Å². The van der Waals surface area contributed by atoms with Gasteiger partial charge in [-0.1, -0.05) is 52.3 Å². The van der Waals surface area contributed by atoms with Crippen LogP contribution in [-0.4, -0.2) is 11.8 Å². The highest BCUT2D eigenvalue weighted by Gasteiger charge is 2.07. The van der Waals surface area contributed by atoms with Crippen molar-refractivity contribution < 1.29 is 9.59 Å². The number of hydrazine groups is 1. The number of aryl methyl sites for hydroxylation is 1. The maximum absolute atomic E-state index is 11.8. The molecule has 0 unspecified atom stereocenters.